The van der Waals surface area contributed by atoms with Gasteiger partial charge in [0.25, 0.3) is 5.91 Å². The number of para-hydroxylation sites is 1. The fraction of sp³-hybridized carbons (Fsp3) is 0.267. The SMILES string of the molecule is CC(C)[C@@H](NC(=O)c1ccc2ccccc2n1)C(N)=O. The van der Waals surface area contributed by atoms with E-state index < -0.39 is 17.9 Å². The van der Waals surface area contributed by atoms with Gasteiger partial charge in [-0.1, -0.05) is 38.1 Å². The fourth-order valence-electron chi connectivity index (χ4n) is 1.97. The van der Waals surface area contributed by atoms with Gasteiger partial charge in [0.05, 0.1) is 5.52 Å². The predicted molar refractivity (Wildman–Crippen MR) is 77.0 cm³/mol. The smallest absolute Gasteiger partial charge is 0.270 e. The Morgan fingerprint density at radius 2 is 1.85 bits per heavy atom. The summed E-state index contributed by atoms with van der Waals surface area (Å²) in [6.45, 7) is 3.65. The van der Waals surface area contributed by atoms with Crippen molar-refractivity contribution in [2.75, 3.05) is 0 Å². The zero-order valence-corrected chi connectivity index (χ0v) is 11.5. The van der Waals surface area contributed by atoms with Crippen LogP contribution in [0.3, 0.4) is 0 Å². The highest BCUT2D eigenvalue weighted by atomic mass is 16.2. The number of amides is 2. The summed E-state index contributed by atoms with van der Waals surface area (Å²) in [5.41, 5.74) is 6.29. The third kappa shape index (κ3) is 2.93. The normalized spacial score (nSPS) is 12.3. The van der Waals surface area contributed by atoms with Crippen molar-refractivity contribution >= 4 is 22.7 Å². The number of hydrogen-bond acceptors (Lipinski definition) is 3. The van der Waals surface area contributed by atoms with Gasteiger partial charge >= 0.3 is 0 Å². The summed E-state index contributed by atoms with van der Waals surface area (Å²) < 4.78 is 0. The number of nitrogens with zero attached hydrogens (tertiary/aromatic N) is 1. The number of carbonyl (C=O) groups excluding carboxylic acids is 2. The molecular formula is C15H17N3O2. The van der Waals surface area contributed by atoms with Crippen LogP contribution in [0.4, 0.5) is 0 Å². The molecule has 1 atom stereocenters. The molecule has 1 aromatic carbocycles. The molecule has 0 aliphatic carbocycles. The van der Waals surface area contributed by atoms with Crippen LogP contribution in [0.2, 0.25) is 0 Å². The Morgan fingerprint density at radius 3 is 2.50 bits per heavy atom. The largest absolute Gasteiger partial charge is 0.368 e. The number of hydrogen-bond donors (Lipinski definition) is 2. The Bertz CT molecular complexity index is 652. The third-order valence-corrected chi connectivity index (χ3v) is 3.09. The molecule has 20 heavy (non-hydrogen) atoms. The van der Waals surface area contributed by atoms with Crippen LogP contribution in [0, 0.1) is 5.92 Å². The van der Waals surface area contributed by atoms with E-state index in [1.54, 1.807) is 6.07 Å². The molecule has 0 radical (unpaired) electrons. The number of rotatable bonds is 4. The Kier molecular flexibility index (Phi) is 3.98. The molecule has 0 unspecified atom stereocenters. The maximum absolute atomic E-state index is 12.1. The molecule has 5 nitrogen and oxygen atoms in total. The summed E-state index contributed by atoms with van der Waals surface area (Å²) in [4.78, 5) is 27.7. The average molecular weight is 271 g/mol. The molecule has 1 aromatic heterocycles. The van der Waals surface area contributed by atoms with Crippen molar-refractivity contribution in [1.29, 1.82) is 0 Å². The highest BCUT2D eigenvalue weighted by Gasteiger charge is 2.22. The minimum Gasteiger partial charge on any atom is -0.368 e. The lowest BCUT2D eigenvalue weighted by Crippen LogP contribution is -2.47. The summed E-state index contributed by atoms with van der Waals surface area (Å²) >= 11 is 0. The lowest BCUT2D eigenvalue weighted by molar-refractivity contribution is -0.120. The second-order valence-corrected chi connectivity index (χ2v) is 4.99. The topological polar surface area (TPSA) is 85.1 Å². The van der Waals surface area contributed by atoms with Crippen LogP contribution in [0.1, 0.15) is 24.3 Å². The molecule has 3 N–H and O–H groups in total. The molecule has 0 saturated heterocycles. The quantitative estimate of drug-likeness (QED) is 0.883. The number of nitrogens with two attached hydrogens (primary N) is 1. The minimum atomic E-state index is -0.698. The lowest BCUT2D eigenvalue weighted by atomic mass is 10.0. The lowest BCUT2D eigenvalue weighted by Gasteiger charge is -2.18. The van der Waals surface area contributed by atoms with Crippen LogP contribution in [-0.4, -0.2) is 22.8 Å². The van der Waals surface area contributed by atoms with Gasteiger partial charge in [-0.3, -0.25) is 9.59 Å². The van der Waals surface area contributed by atoms with Crippen molar-refractivity contribution in [3.05, 3.63) is 42.1 Å². The molecule has 2 rings (SSSR count). The summed E-state index contributed by atoms with van der Waals surface area (Å²) in [6.07, 6.45) is 0. The number of nitrogens with one attached hydrogen (secondary N) is 1. The molecular weight excluding hydrogens is 254 g/mol. The first-order valence-electron chi connectivity index (χ1n) is 6.45. The van der Waals surface area contributed by atoms with Crippen LogP contribution in [0.5, 0.6) is 0 Å². The highest BCUT2D eigenvalue weighted by Crippen LogP contribution is 2.12. The van der Waals surface area contributed by atoms with Crippen LogP contribution < -0.4 is 11.1 Å². The second-order valence-electron chi connectivity index (χ2n) is 4.99. The van der Waals surface area contributed by atoms with Gasteiger partial charge in [-0.15, -0.1) is 0 Å². The first-order valence-corrected chi connectivity index (χ1v) is 6.45. The first-order chi connectivity index (χ1) is 9.49. The minimum absolute atomic E-state index is 0.0723. The van der Waals surface area contributed by atoms with Gasteiger partial charge in [-0.2, -0.15) is 0 Å². The van der Waals surface area contributed by atoms with E-state index in [4.69, 9.17) is 5.73 Å². The second kappa shape index (κ2) is 5.69. The number of fused-ring (bicyclic) bond motifs is 1. The zero-order valence-electron chi connectivity index (χ0n) is 11.5. The molecule has 104 valence electrons. The molecule has 2 aromatic rings. The monoisotopic (exact) mass is 271 g/mol. The van der Waals surface area contributed by atoms with Gasteiger partial charge in [0.15, 0.2) is 0 Å². The summed E-state index contributed by atoms with van der Waals surface area (Å²) in [5, 5.41) is 3.58. The van der Waals surface area contributed by atoms with Gasteiger partial charge in [0.1, 0.15) is 11.7 Å². The number of carbonyl (C=O) groups is 2. The molecule has 0 aliphatic heterocycles. The number of primary amides is 1. The summed E-state index contributed by atoms with van der Waals surface area (Å²) in [6, 6.07) is 10.3. The molecule has 0 aliphatic rings. The van der Waals surface area contributed by atoms with Crippen molar-refractivity contribution in [3.8, 4) is 0 Å². The van der Waals surface area contributed by atoms with Gasteiger partial charge in [-0.25, -0.2) is 4.98 Å². The number of benzene rings is 1. The van der Waals surface area contributed by atoms with E-state index in [0.29, 0.717) is 0 Å². The predicted octanol–water partition coefficient (Wildman–Crippen LogP) is 1.47. The van der Waals surface area contributed by atoms with Crippen LogP contribution >= 0.6 is 0 Å². The molecule has 2 amide bonds. The molecule has 0 saturated carbocycles. The maximum atomic E-state index is 12.1. The van der Waals surface area contributed by atoms with Gasteiger partial charge in [-0.05, 0) is 18.1 Å². The standard InChI is InChI=1S/C15H17N3O2/c1-9(2)13(14(16)19)18-15(20)12-8-7-10-5-3-4-6-11(10)17-12/h3-9,13H,1-2H3,(H2,16,19)(H,18,20)/t13-/m1/s1. The van der Waals surface area contributed by atoms with E-state index in [0.717, 1.165) is 10.9 Å². The van der Waals surface area contributed by atoms with E-state index in [1.807, 2.05) is 44.2 Å². The van der Waals surface area contributed by atoms with Crippen molar-refractivity contribution in [3.63, 3.8) is 0 Å². The van der Waals surface area contributed by atoms with E-state index in [9.17, 15) is 9.59 Å². The third-order valence-electron chi connectivity index (χ3n) is 3.09. The maximum Gasteiger partial charge on any atom is 0.270 e. The van der Waals surface area contributed by atoms with E-state index in [2.05, 4.69) is 10.3 Å². The number of aromatic nitrogens is 1. The van der Waals surface area contributed by atoms with Gasteiger partial charge in [0.2, 0.25) is 5.91 Å². The van der Waals surface area contributed by atoms with Crippen LogP contribution in [-0.2, 0) is 4.79 Å². The molecule has 1 heterocycles. The molecule has 0 spiro atoms. The van der Waals surface area contributed by atoms with Crippen molar-refractivity contribution < 1.29 is 9.59 Å². The Labute approximate surface area is 117 Å². The molecule has 0 fully saturated rings. The van der Waals surface area contributed by atoms with Crippen molar-refractivity contribution in [1.82, 2.24) is 10.3 Å². The number of pyridine rings is 1. The van der Waals surface area contributed by atoms with E-state index in [1.165, 1.54) is 0 Å². The van der Waals surface area contributed by atoms with E-state index >= 15 is 0 Å². The van der Waals surface area contributed by atoms with Gasteiger partial charge in [0, 0.05) is 5.39 Å². The Hall–Kier alpha value is -2.43. The average Bonchev–Trinajstić information content (AvgIpc) is 2.43. The molecule has 0 bridgehead atoms. The van der Waals surface area contributed by atoms with Crippen LogP contribution in [0.25, 0.3) is 10.9 Å². The first kappa shape index (κ1) is 14.0. The van der Waals surface area contributed by atoms with E-state index in [-0.39, 0.29) is 11.6 Å². The summed E-state index contributed by atoms with van der Waals surface area (Å²) in [7, 11) is 0. The van der Waals surface area contributed by atoms with Crippen LogP contribution in [0.15, 0.2) is 36.4 Å². The Morgan fingerprint density at radius 1 is 1.15 bits per heavy atom. The fourth-order valence-corrected chi connectivity index (χ4v) is 1.97. The summed E-state index contributed by atoms with van der Waals surface area (Å²) in [5.74, 6) is -1.01. The Balaban J connectivity index is 2.24. The zero-order chi connectivity index (χ0) is 14.7. The van der Waals surface area contributed by atoms with Gasteiger partial charge < -0.3 is 11.1 Å². The van der Waals surface area contributed by atoms with Crippen molar-refractivity contribution in [2.24, 2.45) is 11.7 Å². The molecule has 5 heteroatoms. The highest BCUT2D eigenvalue weighted by molar-refractivity contribution is 5.97. The van der Waals surface area contributed by atoms with Crippen molar-refractivity contribution in [2.45, 2.75) is 19.9 Å².